The van der Waals surface area contributed by atoms with Gasteiger partial charge in [-0.25, -0.2) is 0 Å². The molecule has 1 aliphatic heterocycles. The van der Waals surface area contributed by atoms with E-state index >= 15 is 0 Å². The van der Waals surface area contributed by atoms with Crippen molar-refractivity contribution < 1.29 is 14.3 Å². The zero-order chi connectivity index (χ0) is 18.6. The van der Waals surface area contributed by atoms with Gasteiger partial charge < -0.3 is 14.8 Å². The molecule has 0 radical (unpaired) electrons. The Bertz CT molecular complexity index is 922. The average Bonchev–Trinajstić information content (AvgIpc) is 2.74. The fourth-order valence-electron chi connectivity index (χ4n) is 3.13. The maximum atomic E-state index is 12.6. The standard InChI is InChI=1S/C23H21NO3/c1-16(17-11-13-19(14-12-17)18-7-3-2-4-8-18)24-23(25)22-15-26-20-9-5-6-10-21(20)27-22/h2-14,16,22H,15H2,1H3,(H,24,25)/t16-,22+/m0/s1. The lowest BCUT2D eigenvalue weighted by molar-refractivity contribution is -0.131. The second kappa shape index (κ2) is 7.54. The van der Waals surface area contributed by atoms with E-state index in [-0.39, 0.29) is 18.6 Å². The summed E-state index contributed by atoms with van der Waals surface area (Å²) in [5.41, 5.74) is 3.37. The number of amides is 1. The number of hydrogen-bond acceptors (Lipinski definition) is 3. The van der Waals surface area contributed by atoms with Gasteiger partial charge in [0.2, 0.25) is 6.10 Å². The summed E-state index contributed by atoms with van der Waals surface area (Å²) in [6, 6.07) is 25.7. The molecular weight excluding hydrogens is 338 g/mol. The van der Waals surface area contributed by atoms with Crippen molar-refractivity contribution in [1.29, 1.82) is 0 Å². The third kappa shape index (κ3) is 3.80. The first kappa shape index (κ1) is 17.2. The zero-order valence-electron chi connectivity index (χ0n) is 15.1. The molecule has 0 saturated carbocycles. The van der Waals surface area contributed by atoms with Gasteiger partial charge in [-0.1, -0.05) is 66.7 Å². The van der Waals surface area contributed by atoms with E-state index in [0.717, 1.165) is 11.1 Å². The number of ether oxygens (including phenoxy) is 2. The van der Waals surface area contributed by atoms with Crippen LogP contribution in [0.25, 0.3) is 11.1 Å². The highest BCUT2D eigenvalue weighted by molar-refractivity contribution is 5.82. The first-order valence-corrected chi connectivity index (χ1v) is 9.05. The maximum Gasteiger partial charge on any atom is 0.265 e. The topological polar surface area (TPSA) is 47.6 Å². The molecule has 0 bridgehead atoms. The second-order valence-electron chi connectivity index (χ2n) is 6.58. The van der Waals surface area contributed by atoms with Gasteiger partial charge in [0.25, 0.3) is 5.91 Å². The molecule has 4 heteroatoms. The molecule has 0 aromatic heterocycles. The Labute approximate surface area is 158 Å². The van der Waals surface area contributed by atoms with Crippen molar-refractivity contribution in [2.45, 2.75) is 19.1 Å². The Balaban J connectivity index is 1.40. The lowest BCUT2D eigenvalue weighted by Crippen LogP contribution is -2.44. The van der Waals surface area contributed by atoms with Crippen LogP contribution < -0.4 is 14.8 Å². The lowest BCUT2D eigenvalue weighted by atomic mass is 10.0. The van der Waals surface area contributed by atoms with E-state index in [1.807, 2.05) is 55.5 Å². The first-order valence-electron chi connectivity index (χ1n) is 9.05. The predicted molar refractivity (Wildman–Crippen MR) is 105 cm³/mol. The van der Waals surface area contributed by atoms with E-state index < -0.39 is 6.10 Å². The summed E-state index contributed by atoms with van der Waals surface area (Å²) in [7, 11) is 0. The highest BCUT2D eigenvalue weighted by atomic mass is 16.6. The monoisotopic (exact) mass is 359 g/mol. The summed E-state index contributed by atoms with van der Waals surface area (Å²) in [5.74, 6) is 1.10. The van der Waals surface area contributed by atoms with Gasteiger partial charge >= 0.3 is 0 Å². The Hall–Kier alpha value is -3.27. The molecule has 2 atom stereocenters. The lowest BCUT2D eigenvalue weighted by Gasteiger charge is -2.26. The van der Waals surface area contributed by atoms with Crippen LogP contribution in [0.3, 0.4) is 0 Å². The third-order valence-corrected chi connectivity index (χ3v) is 4.68. The third-order valence-electron chi connectivity index (χ3n) is 4.68. The van der Waals surface area contributed by atoms with Crippen molar-refractivity contribution in [1.82, 2.24) is 5.32 Å². The van der Waals surface area contributed by atoms with Gasteiger partial charge in [-0.2, -0.15) is 0 Å². The number of para-hydroxylation sites is 2. The average molecular weight is 359 g/mol. The molecule has 4 nitrogen and oxygen atoms in total. The van der Waals surface area contributed by atoms with Crippen molar-refractivity contribution in [3.63, 3.8) is 0 Å². The zero-order valence-corrected chi connectivity index (χ0v) is 15.1. The molecular formula is C23H21NO3. The number of carbonyl (C=O) groups excluding carboxylic acids is 1. The normalized spacial score (nSPS) is 16.4. The Morgan fingerprint density at radius 3 is 2.26 bits per heavy atom. The second-order valence-corrected chi connectivity index (χ2v) is 6.58. The van der Waals surface area contributed by atoms with E-state index in [1.54, 1.807) is 6.07 Å². The Kier molecular flexibility index (Phi) is 4.79. The molecule has 136 valence electrons. The molecule has 1 heterocycles. The van der Waals surface area contributed by atoms with Crippen molar-refractivity contribution >= 4 is 5.91 Å². The largest absolute Gasteiger partial charge is 0.485 e. The number of nitrogens with one attached hydrogen (secondary N) is 1. The molecule has 3 aromatic rings. The van der Waals surface area contributed by atoms with Gasteiger partial charge in [-0.15, -0.1) is 0 Å². The number of rotatable bonds is 4. The van der Waals surface area contributed by atoms with Gasteiger partial charge in [-0.05, 0) is 35.7 Å². The molecule has 0 aliphatic carbocycles. The van der Waals surface area contributed by atoms with Crippen LogP contribution in [0, 0.1) is 0 Å². The van der Waals surface area contributed by atoms with Crippen molar-refractivity contribution in [2.75, 3.05) is 6.61 Å². The molecule has 3 aromatic carbocycles. The SMILES string of the molecule is C[C@H](NC(=O)[C@H]1COc2ccccc2O1)c1ccc(-c2ccccc2)cc1. The minimum absolute atomic E-state index is 0.122. The summed E-state index contributed by atoms with van der Waals surface area (Å²) in [4.78, 5) is 12.6. The number of carbonyl (C=O) groups is 1. The van der Waals surface area contributed by atoms with Crippen LogP contribution in [0.2, 0.25) is 0 Å². The maximum absolute atomic E-state index is 12.6. The summed E-state index contributed by atoms with van der Waals surface area (Å²) in [6.07, 6.45) is -0.647. The van der Waals surface area contributed by atoms with Crippen LogP contribution in [0.1, 0.15) is 18.5 Å². The van der Waals surface area contributed by atoms with Crippen LogP contribution >= 0.6 is 0 Å². The van der Waals surface area contributed by atoms with Crippen LogP contribution in [0.5, 0.6) is 11.5 Å². The molecule has 0 unspecified atom stereocenters. The molecule has 0 spiro atoms. The molecule has 4 rings (SSSR count). The quantitative estimate of drug-likeness (QED) is 0.752. The minimum atomic E-state index is -0.647. The van der Waals surface area contributed by atoms with E-state index in [4.69, 9.17) is 9.47 Å². The van der Waals surface area contributed by atoms with Gasteiger partial charge in [-0.3, -0.25) is 4.79 Å². The van der Waals surface area contributed by atoms with E-state index in [0.29, 0.717) is 11.5 Å². The van der Waals surface area contributed by atoms with Gasteiger partial charge in [0, 0.05) is 0 Å². The summed E-state index contributed by atoms with van der Waals surface area (Å²) in [5, 5.41) is 3.01. The molecule has 0 saturated heterocycles. The smallest absolute Gasteiger partial charge is 0.265 e. The molecule has 1 amide bonds. The van der Waals surface area contributed by atoms with Crippen LogP contribution in [0.15, 0.2) is 78.9 Å². The van der Waals surface area contributed by atoms with Crippen molar-refractivity contribution in [3.8, 4) is 22.6 Å². The minimum Gasteiger partial charge on any atom is -0.485 e. The molecule has 27 heavy (non-hydrogen) atoms. The highest BCUT2D eigenvalue weighted by Gasteiger charge is 2.28. The molecule has 0 fully saturated rings. The number of fused-ring (bicyclic) bond motifs is 1. The Morgan fingerprint density at radius 1 is 0.889 bits per heavy atom. The molecule has 1 aliphatic rings. The Morgan fingerprint density at radius 2 is 1.52 bits per heavy atom. The van der Waals surface area contributed by atoms with Crippen molar-refractivity contribution in [3.05, 3.63) is 84.4 Å². The van der Waals surface area contributed by atoms with Crippen LogP contribution in [0.4, 0.5) is 0 Å². The summed E-state index contributed by atoms with van der Waals surface area (Å²) >= 11 is 0. The van der Waals surface area contributed by atoms with Gasteiger partial charge in [0.15, 0.2) is 11.5 Å². The fourth-order valence-corrected chi connectivity index (χ4v) is 3.13. The summed E-state index contributed by atoms with van der Waals surface area (Å²) < 4.78 is 11.4. The fraction of sp³-hybridized carbons (Fsp3) is 0.174. The molecule has 1 N–H and O–H groups in total. The first-order chi connectivity index (χ1) is 13.2. The number of hydrogen-bond donors (Lipinski definition) is 1. The van der Waals surface area contributed by atoms with E-state index in [9.17, 15) is 4.79 Å². The van der Waals surface area contributed by atoms with E-state index in [1.165, 1.54) is 5.56 Å². The predicted octanol–water partition coefficient (Wildman–Crippen LogP) is 4.37. The highest BCUT2D eigenvalue weighted by Crippen LogP contribution is 2.31. The summed E-state index contributed by atoms with van der Waals surface area (Å²) in [6.45, 7) is 2.18. The van der Waals surface area contributed by atoms with E-state index in [2.05, 4.69) is 29.6 Å². The van der Waals surface area contributed by atoms with Gasteiger partial charge in [0.05, 0.1) is 6.04 Å². The van der Waals surface area contributed by atoms with Gasteiger partial charge in [0.1, 0.15) is 6.61 Å². The number of benzene rings is 3. The van der Waals surface area contributed by atoms with Crippen LogP contribution in [-0.2, 0) is 4.79 Å². The van der Waals surface area contributed by atoms with Crippen LogP contribution in [-0.4, -0.2) is 18.6 Å². The van der Waals surface area contributed by atoms with Crippen molar-refractivity contribution in [2.24, 2.45) is 0 Å².